The van der Waals surface area contributed by atoms with Gasteiger partial charge < -0.3 is 18.6 Å². The highest BCUT2D eigenvalue weighted by Crippen LogP contribution is 2.32. The first-order valence-electron chi connectivity index (χ1n) is 12.4. The third kappa shape index (κ3) is 5.98. The van der Waals surface area contributed by atoms with E-state index in [2.05, 4.69) is 47.7 Å². The number of hydrogen-bond donors (Lipinski definition) is 1. The number of aromatic nitrogens is 3. The minimum Gasteiger partial charge on any atom is -0.492 e. The molecule has 0 spiro atoms. The summed E-state index contributed by atoms with van der Waals surface area (Å²) in [6, 6.07) is 23.9. The summed E-state index contributed by atoms with van der Waals surface area (Å²) in [6.07, 6.45) is 4.07. The molecule has 0 amide bonds. The topological polar surface area (TPSA) is 91.4 Å². The number of benzene rings is 3. The molecule has 38 heavy (non-hydrogen) atoms. The van der Waals surface area contributed by atoms with Crippen LogP contribution in [0.2, 0.25) is 0 Å². The molecule has 0 saturated heterocycles. The van der Waals surface area contributed by atoms with E-state index < -0.39 is 11.4 Å². The Morgan fingerprint density at radius 2 is 1.55 bits per heavy atom. The van der Waals surface area contributed by atoms with Crippen LogP contribution < -0.4 is 20.9 Å². The largest absolute Gasteiger partial charge is 0.492 e. The fourth-order valence-corrected chi connectivity index (χ4v) is 4.51. The number of rotatable bonds is 10. The molecule has 194 valence electrons. The first-order valence-corrected chi connectivity index (χ1v) is 12.4. The van der Waals surface area contributed by atoms with Gasteiger partial charge in [-0.15, -0.1) is 4.74 Å². The zero-order chi connectivity index (χ0) is 26.5. The van der Waals surface area contributed by atoms with Crippen molar-refractivity contribution in [1.29, 1.82) is 0 Å². The molecule has 2 heterocycles. The molecule has 8 heteroatoms. The van der Waals surface area contributed by atoms with Gasteiger partial charge in [-0.3, -0.25) is 0 Å². The Bertz CT molecular complexity index is 1600. The highest BCUT2D eigenvalue weighted by Gasteiger charge is 2.10. The highest BCUT2D eigenvalue weighted by molar-refractivity contribution is 5.72. The number of nitrogens with one attached hydrogen (secondary N) is 1. The molecule has 0 fully saturated rings. The Hall–Kier alpha value is -4.72. The average molecular weight is 512 g/mol. The molecule has 0 atom stereocenters. The van der Waals surface area contributed by atoms with Crippen LogP contribution in [0.15, 0.2) is 99.3 Å². The van der Waals surface area contributed by atoms with Gasteiger partial charge >= 0.3 is 11.4 Å². The molecule has 3 aromatic carbocycles. The fraction of sp³-hybridized carbons (Fsp3) is 0.200. The summed E-state index contributed by atoms with van der Waals surface area (Å²) >= 11 is 0. The van der Waals surface area contributed by atoms with Crippen molar-refractivity contribution in [2.75, 3.05) is 6.61 Å². The molecular formula is C30H29N3O5. The molecule has 0 aliphatic carbocycles. The van der Waals surface area contributed by atoms with Gasteiger partial charge in [0.1, 0.15) is 24.7 Å². The zero-order valence-corrected chi connectivity index (χ0v) is 21.3. The first-order chi connectivity index (χ1) is 18.4. The van der Waals surface area contributed by atoms with Gasteiger partial charge in [0.15, 0.2) is 0 Å². The molecule has 8 nitrogen and oxygen atoms in total. The maximum Gasteiger partial charge on any atom is 0.440 e. The van der Waals surface area contributed by atoms with E-state index in [1.54, 1.807) is 0 Å². The minimum absolute atomic E-state index is 0.162. The fourth-order valence-electron chi connectivity index (χ4n) is 4.51. The van der Waals surface area contributed by atoms with Crippen LogP contribution in [0.25, 0.3) is 11.1 Å². The Kier molecular flexibility index (Phi) is 7.31. The van der Waals surface area contributed by atoms with Crippen molar-refractivity contribution in [2.24, 2.45) is 0 Å². The van der Waals surface area contributed by atoms with Gasteiger partial charge in [0.2, 0.25) is 0 Å². The normalized spacial score (nSPS) is 11.0. The number of aryl methyl sites for hydroxylation is 2. The number of nitrogens with zero attached hydrogens (tertiary/aromatic N) is 2. The monoisotopic (exact) mass is 511 g/mol. The van der Waals surface area contributed by atoms with Crippen molar-refractivity contribution < 1.29 is 14.0 Å². The summed E-state index contributed by atoms with van der Waals surface area (Å²) < 4.78 is 19.9. The van der Waals surface area contributed by atoms with Crippen LogP contribution in [0.5, 0.6) is 11.5 Å². The van der Waals surface area contributed by atoms with Crippen molar-refractivity contribution in [3.63, 3.8) is 0 Å². The van der Waals surface area contributed by atoms with Crippen LogP contribution in [-0.4, -0.2) is 20.9 Å². The number of H-pyrrole nitrogens is 1. The number of aromatic amines is 1. The average Bonchev–Trinajstić information content (AvgIpc) is 3.52. The molecule has 0 saturated carbocycles. The predicted molar refractivity (Wildman–Crippen MR) is 145 cm³/mol. The van der Waals surface area contributed by atoms with Crippen LogP contribution in [-0.2, 0) is 19.7 Å². The molecule has 5 aromatic rings. The van der Waals surface area contributed by atoms with E-state index in [-0.39, 0.29) is 6.54 Å². The smallest absolute Gasteiger partial charge is 0.440 e. The van der Waals surface area contributed by atoms with E-state index in [4.69, 9.17) is 14.0 Å². The molecule has 0 aliphatic rings. The lowest BCUT2D eigenvalue weighted by Crippen LogP contribution is -2.17. The zero-order valence-electron chi connectivity index (χ0n) is 21.3. The van der Waals surface area contributed by atoms with Gasteiger partial charge in [0.25, 0.3) is 0 Å². The lowest BCUT2D eigenvalue weighted by molar-refractivity contribution is 0.258. The maximum atomic E-state index is 11.6. The quantitative estimate of drug-likeness (QED) is 0.287. The lowest BCUT2D eigenvalue weighted by atomic mass is 9.94. The second-order valence-electron chi connectivity index (χ2n) is 9.18. The Labute approximate surface area is 219 Å². The van der Waals surface area contributed by atoms with Gasteiger partial charge in [-0.25, -0.2) is 14.6 Å². The summed E-state index contributed by atoms with van der Waals surface area (Å²) in [6.45, 7) is 6.22. The summed E-state index contributed by atoms with van der Waals surface area (Å²) in [5.74, 6) is 0.814. The van der Waals surface area contributed by atoms with E-state index in [1.807, 2.05) is 60.9 Å². The summed E-state index contributed by atoms with van der Waals surface area (Å²) in [7, 11) is 0. The van der Waals surface area contributed by atoms with E-state index in [0.29, 0.717) is 19.0 Å². The summed E-state index contributed by atoms with van der Waals surface area (Å²) in [5, 5.41) is 0. The van der Waals surface area contributed by atoms with Gasteiger partial charge in [-0.2, -0.15) is 0 Å². The van der Waals surface area contributed by atoms with Crippen molar-refractivity contribution in [3.8, 4) is 22.6 Å². The molecule has 0 radical (unpaired) electrons. The van der Waals surface area contributed by atoms with E-state index in [0.717, 1.165) is 44.9 Å². The van der Waals surface area contributed by atoms with Crippen LogP contribution in [0, 0.1) is 13.8 Å². The summed E-state index contributed by atoms with van der Waals surface area (Å²) in [4.78, 5) is 24.8. The molecule has 2 aromatic heterocycles. The molecule has 1 N–H and O–H groups in total. The first kappa shape index (κ1) is 25.0. The van der Waals surface area contributed by atoms with Crippen molar-refractivity contribution in [1.82, 2.24) is 14.3 Å². The van der Waals surface area contributed by atoms with E-state index >= 15 is 0 Å². The summed E-state index contributed by atoms with van der Waals surface area (Å²) in [5.41, 5.74) is 5.94. The van der Waals surface area contributed by atoms with Gasteiger partial charge in [0, 0.05) is 12.4 Å². The van der Waals surface area contributed by atoms with Crippen LogP contribution in [0.1, 0.15) is 22.3 Å². The predicted octanol–water partition coefficient (Wildman–Crippen LogP) is 4.92. The van der Waals surface area contributed by atoms with Gasteiger partial charge in [0.05, 0.1) is 13.1 Å². The maximum absolute atomic E-state index is 11.6. The third-order valence-corrected chi connectivity index (χ3v) is 6.29. The minimum atomic E-state index is -0.768. The van der Waals surface area contributed by atoms with Crippen LogP contribution in [0.4, 0.5) is 0 Å². The standard InChI is InChI=1S/C30H29N3O5/c1-21-16-27(36-15-14-32-12-3-4-13-32)17-22(2)28(21)25-7-5-6-24(18-25)20-37-26-10-8-23(9-11-26)19-33-29(34)31-30(35)38-33/h3-13,16-18H,14-15,19-20H2,1-2H3,(H,31,34,35). The van der Waals surface area contributed by atoms with Crippen LogP contribution in [0.3, 0.4) is 0 Å². The number of hydrogen-bond acceptors (Lipinski definition) is 5. The van der Waals surface area contributed by atoms with Crippen molar-refractivity contribution in [3.05, 3.63) is 128 Å². The second-order valence-corrected chi connectivity index (χ2v) is 9.18. The van der Waals surface area contributed by atoms with Gasteiger partial charge in [-0.1, -0.05) is 30.3 Å². The molecule has 0 bridgehead atoms. The van der Waals surface area contributed by atoms with E-state index in [1.165, 1.54) is 5.56 Å². The Balaban J connectivity index is 1.22. The molecule has 0 aliphatic heterocycles. The molecular weight excluding hydrogens is 482 g/mol. The third-order valence-electron chi connectivity index (χ3n) is 6.29. The Morgan fingerprint density at radius 1 is 0.816 bits per heavy atom. The van der Waals surface area contributed by atoms with Gasteiger partial charge in [-0.05, 0) is 89.7 Å². The SMILES string of the molecule is Cc1cc(OCCn2cccc2)cc(C)c1-c1cccc(COc2ccc(Cn3oc(=O)[nH]c3=O)cc2)c1. The van der Waals surface area contributed by atoms with E-state index in [9.17, 15) is 9.59 Å². The van der Waals surface area contributed by atoms with Crippen molar-refractivity contribution in [2.45, 2.75) is 33.5 Å². The molecule has 5 rings (SSSR count). The van der Waals surface area contributed by atoms with Crippen molar-refractivity contribution >= 4 is 0 Å². The Morgan fingerprint density at radius 3 is 2.24 bits per heavy atom. The number of ether oxygens (including phenoxy) is 2. The van der Waals surface area contributed by atoms with Crippen LogP contribution >= 0.6 is 0 Å². The lowest BCUT2D eigenvalue weighted by Gasteiger charge is -2.15. The second kappa shape index (κ2) is 11.1. The highest BCUT2D eigenvalue weighted by atomic mass is 16.5. The molecule has 0 unspecified atom stereocenters.